The van der Waals surface area contributed by atoms with Gasteiger partial charge in [0.05, 0.1) is 5.92 Å². The number of aliphatic carboxylic acids is 1. The lowest BCUT2D eigenvalue weighted by Crippen LogP contribution is -2.42. The number of anilines is 1. The number of carboxylic acid groups (broad SMARTS) is 1. The molecule has 2 aromatic carbocycles. The fourth-order valence-corrected chi connectivity index (χ4v) is 3.39. The van der Waals surface area contributed by atoms with E-state index in [1.807, 2.05) is 30.3 Å². The number of nitrogens with one attached hydrogen (secondary N) is 2. The molecule has 1 heterocycles. The van der Waals surface area contributed by atoms with Crippen molar-refractivity contribution in [3.63, 3.8) is 0 Å². The monoisotopic (exact) mass is 384 g/mol. The summed E-state index contributed by atoms with van der Waals surface area (Å²) in [6.45, 7) is 0. The molecule has 6 nitrogen and oxygen atoms in total. The van der Waals surface area contributed by atoms with Gasteiger partial charge in [-0.25, -0.2) is 4.39 Å². The molecule has 3 N–H and O–H groups in total. The summed E-state index contributed by atoms with van der Waals surface area (Å²) in [5.41, 5.74) is 1.82. The van der Waals surface area contributed by atoms with E-state index in [0.717, 1.165) is 5.56 Å². The molecule has 7 heteroatoms. The molecule has 0 aliphatic carbocycles. The van der Waals surface area contributed by atoms with Crippen LogP contribution in [0.5, 0.6) is 0 Å². The molecule has 0 fully saturated rings. The van der Waals surface area contributed by atoms with Gasteiger partial charge in [0.1, 0.15) is 5.82 Å². The summed E-state index contributed by atoms with van der Waals surface area (Å²) in [6.07, 6.45) is 0.631. The van der Waals surface area contributed by atoms with Crippen LogP contribution in [-0.4, -0.2) is 28.9 Å². The summed E-state index contributed by atoms with van der Waals surface area (Å²) in [7, 11) is 0. The Morgan fingerprint density at radius 1 is 1.21 bits per heavy atom. The Bertz CT molecular complexity index is 885. The smallest absolute Gasteiger partial charge is 0.303 e. The van der Waals surface area contributed by atoms with E-state index in [1.54, 1.807) is 0 Å². The third kappa shape index (κ3) is 4.94. The molecule has 1 aliphatic rings. The molecule has 0 saturated carbocycles. The van der Waals surface area contributed by atoms with Gasteiger partial charge in [-0.2, -0.15) is 0 Å². The van der Waals surface area contributed by atoms with Crippen molar-refractivity contribution < 1.29 is 23.9 Å². The van der Waals surface area contributed by atoms with E-state index in [2.05, 4.69) is 10.6 Å². The number of carboxylic acids is 1. The first kappa shape index (κ1) is 19.5. The number of carbonyl (C=O) groups excluding carboxylic acids is 2. The summed E-state index contributed by atoms with van der Waals surface area (Å²) in [5.74, 6) is -2.90. The van der Waals surface area contributed by atoms with Crippen LogP contribution in [0.2, 0.25) is 0 Å². The molecular weight excluding hydrogens is 363 g/mol. The quantitative estimate of drug-likeness (QED) is 0.684. The highest BCUT2D eigenvalue weighted by Crippen LogP contribution is 2.33. The number of hydrogen-bond donors (Lipinski definition) is 3. The van der Waals surface area contributed by atoms with Gasteiger partial charge in [0, 0.05) is 24.6 Å². The molecule has 2 aromatic rings. The van der Waals surface area contributed by atoms with Gasteiger partial charge in [-0.3, -0.25) is 14.4 Å². The lowest BCUT2D eigenvalue weighted by atomic mass is 9.89. The van der Waals surface area contributed by atoms with Crippen molar-refractivity contribution in [3.8, 4) is 0 Å². The van der Waals surface area contributed by atoms with Crippen LogP contribution in [0.25, 0.3) is 0 Å². The lowest BCUT2D eigenvalue weighted by molar-refractivity contribution is -0.137. The SMILES string of the molecule is O=C(O)CCC(Cc1ccccc1)NC(=O)C1CC(=O)Nc2cc(F)ccc21. The van der Waals surface area contributed by atoms with E-state index in [4.69, 9.17) is 5.11 Å². The molecule has 0 saturated heterocycles. The Balaban J connectivity index is 1.77. The number of fused-ring (bicyclic) bond motifs is 1. The summed E-state index contributed by atoms with van der Waals surface area (Å²) in [4.78, 5) is 35.8. The van der Waals surface area contributed by atoms with Gasteiger partial charge in [0.2, 0.25) is 11.8 Å². The van der Waals surface area contributed by atoms with Crippen molar-refractivity contribution in [1.82, 2.24) is 5.32 Å². The average Bonchev–Trinajstić information content (AvgIpc) is 2.65. The minimum atomic E-state index is -0.940. The number of rotatable bonds is 7. The van der Waals surface area contributed by atoms with Gasteiger partial charge < -0.3 is 15.7 Å². The van der Waals surface area contributed by atoms with Crippen molar-refractivity contribution in [1.29, 1.82) is 0 Å². The minimum Gasteiger partial charge on any atom is -0.481 e. The maximum atomic E-state index is 13.5. The first-order valence-corrected chi connectivity index (χ1v) is 9.08. The first-order valence-electron chi connectivity index (χ1n) is 9.08. The second-order valence-corrected chi connectivity index (χ2v) is 6.86. The van der Waals surface area contributed by atoms with E-state index in [1.165, 1.54) is 18.2 Å². The molecule has 28 heavy (non-hydrogen) atoms. The molecule has 2 amide bonds. The van der Waals surface area contributed by atoms with Gasteiger partial charge in [-0.05, 0) is 36.1 Å². The van der Waals surface area contributed by atoms with Crippen LogP contribution in [0.1, 0.15) is 36.3 Å². The zero-order valence-electron chi connectivity index (χ0n) is 15.2. The van der Waals surface area contributed by atoms with Gasteiger partial charge in [0.25, 0.3) is 0 Å². The second-order valence-electron chi connectivity index (χ2n) is 6.86. The van der Waals surface area contributed by atoms with Crippen LogP contribution in [0, 0.1) is 5.82 Å². The van der Waals surface area contributed by atoms with Crippen LogP contribution in [0.3, 0.4) is 0 Å². The normalized spacial score (nSPS) is 16.6. The number of halogens is 1. The maximum absolute atomic E-state index is 13.5. The lowest BCUT2D eigenvalue weighted by Gasteiger charge is -2.27. The first-order chi connectivity index (χ1) is 13.4. The van der Waals surface area contributed by atoms with Crippen LogP contribution in [0.4, 0.5) is 10.1 Å². The van der Waals surface area contributed by atoms with Crippen LogP contribution >= 0.6 is 0 Å². The van der Waals surface area contributed by atoms with E-state index in [9.17, 15) is 18.8 Å². The predicted molar refractivity (Wildman–Crippen MR) is 101 cm³/mol. The van der Waals surface area contributed by atoms with Crippen LogP contribution < -0.4 is 10.6 Å². The standard InChI is InChI=1S/C21H21FN2O4/c22-14-6-8-16-17(12-19(25)24-18(16)11-14)21(28)23-15(7-9-20(26)27)10-13-4-2-1-3-5-13/h1-6,8,11,15,17H,7,9-10,12H2,(H,23,28)(H,24,25)(H,26,27). The molecule has 1 aliphatic heterocycles. The highest BCUT2D eigenvalue weighted by Gasteiger charge is 2.32. The number of carbonyl (C=O) groups is 3. The van der Waals surface area contributed by atoms with Gasteiger partial charge in [0.15, 0.2) is 0 Å². The number of benzene rings is 2. The molecule has 3 rings (SSSR count). The zero-order valence-corrected chi connectivity index (χ0v) is 15.2. The topological polar surface area (TPSA) is 95.5 Å². The van der Waals surface area contributed by atoms with Crippen LogP contribution in [-0.2, 0) is 20.8 Å². The second kappa shape index (κ2) is 8.65. The van der Waals surface area contributed by atoms with E-state index >= 15 is 0 Å². The molecule has 146 valence electrons. The van der Waals surface area contributed by atoms with Crippen molar-refractivity contribution >= 4 is 23.5 Å². The number of hydrogen-bond acceptors (Lipinski definition) is 3. The fourth-order valence-electron chi connectivity index (χ4n) is 3.39. The summed E-state index contributed by atoms with van der Waals surface area (Å²) < 4.78 is 13.5. The van der Waals surface area contributed by atoms with Crippen molar-refractivity contribution in [2.45, 2.75) is 37.6 Å². The molecule has 0 spiro atoms. The Morgan fingerprint density at radius 2 is 1.96 bits per heavy atom. The zero-order chi connectivity index (χ0) is 20.1. The van der Waals surface area contributed by atoms with Gasteiger partial charge >= 0.3 is 5.97 Å². The third-order valence-electron chi connectivity index (χ3n) is 4.75. The molecule has 0 bridgehead atoms. The van der Waals surface area contributed by atoms with Crippen molar-refractivity contribution in [2.75, 3.05) is 5.32 Å². The van der Waals surface area contributed by atoms with Crippen LogP contribution in [0.15, 0.2) is 48.5 Å². The Hall–Kier alpha value is -3.22. The highest BCUT2D eigenvalue weighted by molar-refractivity contribution is 6.01. The van der Waals surface area contributed by atoms with E-state index < -0.39 is 17.7 Å². The number of amides is 2. The Labute approximate surface area is 161 Å². The fraction of sp³-hybridized carbons (Fsp3) is 0.286. The Kier molecular flexibility index (Phi) is 6.03. The molecule has 0 radical (unpaired) electrons. The van der Waals surface area contributed by atoms with Crippen molar-refractivity contribution in [3.05, 3.63) is 65.5 Å². The Morgan fingerprint density at radius 3 is 2.68 bits per heavy atom. The van der Waals surface area contributed by atoms with E-state index in [0.29, 0.717) is 17.7 Å². The molecular formula is C21H21FN2O4. The summed E-state index contributed by atoms with van der Waals surface area (Å²) in [6, 6.07) is 13.0. The summed E-state index contributed by atoms with van der Waals surface area (Å²) in [5, 5.41) is 14.5. The van der Waals surface area contributed by atoms with Crippen molar-refractivity contribution in [2.24, 2.45) is 0 Å². The predicted octanol–water partition coefficient (Wildman–Crippen LogP) is 2.84. The van der Waals surface area contributed by atoms with Gasteiger partial charge in [-0.15, -0.1) is 0 Å². The highest BCUT2D eigenvalue weighted by atomic mass is 19.1. The molecule has 2 unspecified atom stereocenters. The maximum Gasteiger partial charge on any atom is 0.303 e. The van der Waals surface area contributed by atoms with Gasteiger partial charge in [-0.1, -0.05) is 36.4 Å². The largest absolute Gasteiger partial charge is 0.481 e. The molecule has 2 atom stereocenters. The third-order valence-corrected chi connectivity index (χ3v) is 4.75. The minimum absolute atomic E-state index is 0.0402. The summed E-state index contributed by atoms with van der Waals surface area (Å²) >= 11 is 0. The van der Waals surface area contributed by atoms with E-state index in [-0.39, 0.29) is 37.1 Å². The molecule has 0 aromatic heterocycles. The average molecular weight is 384 g/mol.